The van der Waals surface area contributed by atoms with Crippen LogP contribution < -0.4 is 30.6 Å². The zero-order valence-electron chi connectivity index (χ0n) is 11.5. The predicted molar refractivity (Wildman–Crippen MR) is 51.7 cm³/mol. The smallest absolute Gasteiger partial charge is 0.543 e. The Morgan fingerprint density at radius 2 is 0.346 bits per heavy atom. The van der Waals surface area contributed by atoms with Crippen molar-refractivity contribution in [3.05, 3.63) is 0 Å². The van der Waals surface area contributed by atoms with Crippen LogP contribution in [0.1, 0.15) is 0 Å². The number of carboxylic acids is 6. The summed E-state index contributed by atoms with van der Waals surface area (Å²) in [4.78, 5) is 53.6. The minimum absolute atomic E-state index is 0. The number of carboxylic acid groups (broad SMARTS) is 6. The Balaban J connectivity index is -0.0000000125. The zero-order chi connectivity index (χ0) is 15.5. The number of hydrogen-bond donors (Lipinski definition) is 0. The molecule has 26 heavy (non-hydrogen) atoms. The van der Waals surface area contributed by atoms with Crippen molar-refractivity contribution in [2.24, 2.45) is 0 Å². The van der Waals surface area contributed by atoms with E-state index in [1.165, 1.54) is 0 Å². The summed E-state index contributed by atoms with van der Waals surface area (Å²) >= 11 is 0. The van der Waals surface area contributed by atoms with Crippen LogP contribution in [0.4, 0.5) is 0 Å². The van der Waals surface area contributed by atoms with E-state index in [-0.39, 0.29) is 107 Å². The van der Waals surface area contributed by atoms with Crippen LogP contribution in [-0.2, 0) is 28.8 Å². The van der Waals surface area contributed by atoms with Gasteiger partial charge in [-0.25, -0.2) is 0 Å². The molecule has 170 valence electrons. The van der Waals surface area contributed by atoms with E-state index in [1.54, 1.807) is 0 Å². The largest absolute Gasteiger partial charge is 3.00 e. The molecule has 0 fully saturated rings. The number of hydrogen-bond acceptors (Lipinski definition) is 12. The minimum atomic E-state index is -2.19. The van der Waals surface area contributed by atoms with Gasteiger partial charge in [-0.2, -0.15) is 0 Å². The van der Waals surface area contributed by atoms with Crippen molar-refractivity contribution in [1.82, 2.24) is 0 Å². The first kappa shape index (κ1) is 73.4. The fraction of sp³-hybridized carbons (Fsp3) is 0. The fourth-order valence-electron chi connectivity index (χ4n) is 0. The van der Waals surface area contributed by atoms with Gasteiger partial charge in [0.05, 0.1) is 35.8 Å². The van der Waals surface area contributed by atoms with Gasteiger partial charge in [0.25, 0.3) is 0 Å². The molecule has 0 aromatic rings. The predicted octanol–water partition coefficient (Wildman–Crippen LogP) is -15.5. The van der Waals surface area contributed by atoms with Crippen molar-refractivity contribution in [1.29, 1.82) is 0 Å². The van der Waals surface area contributed by atoms with E-state index >= 15 is 0 Å². The van der Waals surface area contributed by atoms with Gasteiger partial charge in [0.15, 0.2) is 0 Å². The van der Waals surface area contributed by atoms with Gasteiger partial charge in [-0.15, -0.1) is 0 Å². The summed E-state index contributed by atoms with van der Waals surface area (Å²) in [5, 5.41) is 53.6. The third-order valence-electron chi connectivity index (χ3n) is 0.500. The van der Waals surface area contributed by atoms with E-state index < -0.39 is 35.8 Å². The van der Waals surface area contributed by atoms with Gasteiger partial charge in [0.2, 0.25) is 0 Å². The van der Waals surface area contributed by atoms with Gasteiger partial charge in [-0.1, -0.05) is 0 Å². The van der Waals surface area contributed by atoms with Crippen LogP contribution in [0.3, 0.4) is 0 Å². The topological polar surface area (TPSA) is 430 Å². The van der Waals surface area contributed by atoms with Gasteiger partial charge in [-0.05, 0) is 0 Å². The van der Waals surface area contributed by atoms with Gasteiger partial charge >= 0.3 is 73.7 Å². The molecule has 18 nitrogen and oxygen atoms in total. The van der Waals surface area contributed by atoms with Crippen LogP contribution in [-0.4, -0.2) is 68.7 Å². The molecular formula is C6H12O18Tm2. The second-order valence-electron chi connectivity index (χ2n) is 1.72. The molecule has 0 spiro atoms. The van der Waals surface area contributed by atoms with E-state index in [2.05, 4.69) is 0 Å². The Kier molecular flexibility index (Phi) is 124. The Hall–Kier alpha value is -0.952. The van der Waals surface area contributed by atoms with Crippen LogP contribution >= 0.6 is 0 Å². The molecule has 0 unspecified atom stereocenters. The van der Waals surface area contributed by atoms with Gasteiger partial charge in [-0.3, -0.25) is 0 Å². The summed E-state index contributed by atoms with van der Waals surface area (Å²) in [6, 6.07) is 0. The maximum absolute atomic E-state index is 8.93. The monoisotopic (exact) mass is 710 g/mol. The van der Waals surface area contributed by atoms with Crippen molar-refractivity contribution < 1.29 is 166 Å². The molecule has 12 N–H and O–H groups in total. The second kappa shape index (κ2) is 44.0. The standard InChI is InChI=1S/3C2H2O4.6H2O.2Tm/c3*3-1(4)2(5)6;;;;;;;;/h3*(H,3,4)(H,5,6);6*1H2;;/q;;;;;;;;;2*+3/p-6. The maximum Gasteiger partial charge on any atom is 3.00 e. The molecule has 0 atom stereocenters. The molecule has 0 aliphatic carbocycles. The molecular weight excluding hydrogens is 698 g/mol. The van der Waals surface area contributed by atoms with Crippen LogP contribution in [0.5, 0.6) is 0 Å². The third-order valence-corrected chi connectivity index (χ3v) is 0.500. The summed E-state index contributed by atoms with van der Waals surface area (Å²) in [5.41, 5.74) is 0. The molecule has 0 saturated heterocycles. The molecule has 0 bridgehead atoms. The quantitative estimate of drug-likeness (QED) is 0.212. The number of carbonyl (C=O) groups is 6. The molecule has 0 aromatic heterocycles. The second-order valence-corrected chi connectivity index (χ2v) is 1.72. The van der Waals surface area contributed by atoms with Crippen molar-refractivity contribution >= 4 is 35.8 Å². The molecule has 0 aliphatic rings. The number of carbonyl (C=O) groups excluding carboxylic acids is 6. The van der Waals surface area contributed by atoms with E-state index in [4.69, 9.17) is 59.4 Å². The van der Waals surface area contributed by atoms with Crippen molar-refractivity contribution in [3.8, 4) is 0 Å². The van der Waals surface area contributed by atoms with Gasteiger partial charge < -0.3 is 92.3 Å². The van der Waals surface area contributed by atoms with Gasteiger partial charge in [0.1, 0.15) is 0 Å². The van der Waals surface area contributed by atoms with E-state index in [9.17, 15) is 0 Å². The molecule has 0 amide bonds. The zero-order valence-corrected chi connectivity index (χ0v) is 15.0. The Morgan fingerprint density at radius 1 is 0.308 bits per heavy atom. The molecule has 20 heteroatoms. The first-order valence-electron chi connectivity index (χ1n) is 3.20. The van der Waals surface area contributed by atoms with Crippen molar-refractivity contribution in [3.63, 3.8) is 0 Å². The molecule has 0 aliphatic heterocycles. The minimum Gasteiger partial charge on any atom is -0.543 e. The summed E-state index contributed by atoms with van der Waals surface area (Å²) in [7, 11) is 0. The first-order valence-corrected chi connectivity index (χ1v) is 3.20. The van der Waals surface area contributed by atoms with Crippen LogP contribution in [0.25, 0.3) is 0 Å². The molecule has 0 rings (SSSR count). The Morgan fingerprint density at radius 3 is 0.346 bits per heavy atom. The first-order chi connectivity index (χ1) is 7.93. The summed E-state index contributed by atoms with van der Waals surface area (Å²) < 4.78 is 0. The number of rotatable bonds is 0. The SMILES string of the molecule is O.O.O.O.O.O.O=C([O-])C(=O)[O-].O=C([O-])C(=O)[O-].O=C([O-])C(=O)[O-].[Tm+3].[Tm+3]. The maximum atomic E-state index is 8.93. The Bertz CT molecular complexity index is 285. The van der Waals surface area contributed by atoms with E-state index in [1.807, 2.05) is 0 Å². The van der Waals surface area contributed by atoms with Crippen LogP contribution in [0.15, 0.2) is 0 Å². The summed E-state index contributed by atoms with van der Waals surface area (Å²) in [5.74, 6) is -13.1. The van der Waals surface area contributed by atoms with Crippen LogP contribution in [0, 0.1) is 73.7 Å². The molecule has 0 saturated carbocycles. The average Bonchev–Trinajstić information content (AvgIpc) is 2.18. The molecule has 0 radical (unpaired) electrons. The van der Waals surface area contributed by atoms with E-state index in [0.717, 1.165) is 0 Å². The molecule has 0 aromatic carbocycles. The van der Waals surface area contributed by atoms with Gasteiger partial charge in [0, 0.05) is 0 Å². The normalized spacial score (nSPS) is 5.08. The average molecular weight is 710 g/mol. The summed E-state index contributed by atoms with van der Waals surface area (Å²) in [6.07, 6.45) is 0. The Labute approximate surface area is 200 Å². The van der Waals surface area contributed by atoms with E-state index in [0.29, 0.717) is 0 Å². The third kappa shape index (κ3) is 91.8. The van der Waals surface area contributed by atoms with Crippen molar-refractivity contribution in [2.45, 2.75) is 0 Å². The van der Waals surface area contributed by atoms with Crippen LogP contribution in [0.2, 0.25) is 0 Å². The summed E-state index contributed by atoms with van der Waals surface area (Å²) in [6.45, 7) is 0. The number of aliphatic carboxylic acids is 6. The van der Waals surface area contributed by atoms with Crippen molar-refractivity contribution in [2.75, 3.05) is 0 Å². The fourth-order valence-corrected chi connectivity index (χ4v) is 0. The molecule has 0 heterocycles.